The molecule has 120 valence electrons. The Balaban J connectivity index is 2.24. The number of hydrogen-bond acceptors (Lipinski definition) is 4. The van der Waals surface area contributed by atoms with Gasteiger partial charge in [0.15, 0.2) is 0 Å². The summed E-state index contributed by atoms with van der Waals surface area (Å²) in [5.41, 5.74) is 0.314. The number of nitro groups is 1. The summed E-state index contributed by atoms with van der Waals surface area (Å²) < 4.78 is 1.36. The fraction of sp³-hybridized carbons (Fsp3) is 0.200. The number of rotatable bonds is 4. The van der Waals surface area contributed by atoms with Gasteiger partial charge >= 0.3 is 0 Å². The van der Waals surface area contributed by atoms with E-state index in [9.17, 15) is 19.7 Å². The average molecular weight is 336 g/mol. The normalized spacial score (nSPS) is 10.4. The summed E-state index contributed by atoms with van der Waals surface area (Å²) >= 11 is 6.03. The van der Waals surface area contributed by atoms with Gasteiger partial charge in [0.1, 0.15) is 0 Å². The number of non-ortho nitro benzene ring substituents is 1. The van der Waals surface area contributed by atoms with Gasteiger partial charge in [0.25, 0.3) is 17.2 Å². The molecule has 0 aliphatic carbocycles. The van der Waals surface area contributed by atoms with Crippen LogP contribution in [0.3, 0.4) is 0 Å². The number of halogens is 1. The van der Waals surface area contributed by atoms with Crippen LogP contribution in [0.25, 0.3) is 0 Å². The van der Waals surface area contributed by atoms with Gasteiger partial charge in [-0.1, -0.05) is 11.6 Å². The molecule has 0 unspecified atom stereocenters. The molecule has 23 heavy (non-hydrogen) atoms. The number of amides is 1. The number of pyridine rings is 1. The summed E-state index contributed by atoms with van der Waals surface area (Å²) in [5, 5.41) is 11.2. The van der Waals surface area contributed by atoms with Gasteiger partial charge < -0.3 is 9.47 Å². The summed E-state index contributed by atoms with van der Waals surface area (Å²) in [5.74, 6) is -0.370. The van der Waals surface area contributed by atoms with Crippen molar-refractivity contribution < 1.29 is 9.72 Å². The minimum atomic E-state index is -0.525. The molecule has 0 saturated heterocycles. The zero-order valence-corrected chi connectivity index (χ0v) is 13.3. The Labute approximate surface area is 136 Å². The van der Waals surface area contributed by atoms with E-state index in [4.69, 9.17) is 11.6 Å². The molecule has 0 spiro atoms. The minimum absolute atomic E-state index is 0.0918. The molecule has 0 radical (unpaired) electrons. The Kier molecular flexibility index (Phi) is 4.80. The van der Waals surface area contributed by atoms with E-state index < -0.39 is 4.92 Å². The Morgan fingerprint density at radius 1 is 1.35 bits per heavy atom. The van der Waals surface area contributed by atoms with E-state index in [2.05, 4.69) is 0 Å². The maximum absolute atomic E-state index is 12.3. The van der Waals surface area contributed by atoms with E-state index in [0.717, 1.165) is 0 Å². The molecule has 2 rings (SSSR count). The standard InChI is InChI=1S/C15H14ClN3O4/c1-17-6-5-10(8-14(17)20)15(21)18(2)9-11-7-12(19(22)23)3-4-13(11)16/h3-8H,9H2,1-2H3. The fourth-order valence-corrected chi connectivity index (χ4v) is 2.20. The molecular weight excluding hydrogens is 322 g/mol. The van der Waals surface area contributed by atoms with Crippen molar-refractivity contribution in [1.29, 1.82) is 0 Å². The van der Waals surface area contributed by atoms with Gasteiger partial charge in [0, 0.05) is 55.6 Å². The van der Waals surface area contributed by atoms with E-state index in [1.54, 1.807) is 7.05 Å². The molecule has 1 aromatic carbocycles. The molecule has 0 saturated carbocycles. The van der Waals surface area contributed by atoms with Crippen molar-refractivity contribution >= 4 is 23.2 Å². The highest BCUT2D eigenvalue weighted by molar-refractivity contribution is 6.31. The highest BCUT2D eigenvalue weighted by Crippen LogP contribution is 2.23. The molecule has 2 aromatic rings. The van der Waals surface area contributed by atoms with Gasteiger partial charge in [-0.15, -0.1) is 0 Å². The van der Waals surface area contributed by atoms with Crippen LogP contribution < -0.4 is 5.56 Å². The molecule has 0 aliphatic heterocycles. The van der Waals surface area contributed by atoms with Gasteiger partial charge in [-0.2, -0.15) is 0 Å². The highest BCUT2D eigenvalue weighted by atomic mass is 35.5. The second kappa shape index (κ2) is 6.62. The fourth-order valence-electron chi connectivity index (χ4n) is 2.03. The number of aryl methyl sites for hydroxylation is 1. The smallest absolute Gasteiger partial charge is 0.269 e. The molecule has 1 aromatic heterocycles. The van der Waals surface area contributed by atoms with Crippen molar-refractivity contribution in [1.82, 2.24) is 9.47 Å². The molecule has 0 atom stereocenters. The van der Waals surface area contributed by atoms with Gasteiger partial charge in [0.05, 0.1) is 4.92 Å². The third-order valence-electron chi connectivity index (χ3n) is 3.35. The van der Waals surface area contributed by atoms with Gasteiger partial charge in [-0.05, 0) is 17.7 Å². The third-order valence-corrected chi connectivity index (χ3v) is 3.71. The van der Waals surface area contributed by atoms with Crippen LogP contribution in [0.2, 0.25) is 5.02 Å². The molecule has 1 amide bonds. The topological polar surface area (TPSA) is 85.4 Å². The monoisotopic (exact) mass is 335 g/mol. The maximum Gasteiger partial charge on any atom is 0.269 e. The molecule has 0 fully saturated rings. The lowest BCUT2D eigenvalue weighted by atomic mass is 10.1. The number of benzene rings is 1. The zero-order chi connectivity index (χ0) is 17.1. The lowest BCUT2D eigenvalue weighted by Crippen LogP contribution is -2.28. The Bertz CT molecular complexity index is 832. The van der Waals surface area contributed by atoms with Gasteiger partial charge in [-0.3, -0.25) is 19.7 Å². The van der Waals surface area contributed by atoms with E-state index in [1.165, 1.54) is 53.0 Å². The minimum Gasteiger partial charge on any atom is -0.337 e. The van der Waals surface area contributed by atoms with Crippen molar-refractivity contribution in [3.05, 3.63) is 73.1 Å². The van der Waals surface area contributed by atoms with Gasteiger partial charge in [0.2, 0.25) is 0 Å². The van der Waals surface area contributed by atoms with E-state index in [1.807, 2.05) is 0 Å². The first-order valence-electron chi connectivity index (χ1n) is 6.64. The van der Waals surface area contributed by atoms with Crippen LogP contribution in [0.1, 0.15) is 15.9 Å². The summed E-state index contributed by atoms with van der Waals surface area (Å²) in [7, 11) is 3.12. The van der Waals surface area contributed by atoms with Crippen molar-refractivity contribution in [2.75, 3.05) is 7.05 Å². The first-order valence-corrected chi connectivity index (χ1v) is 7.02. The van der Waals surface area contributed by atoms with Crippen LogP contribution in [-0.4, -0.2) is 27.3 Å². The lowest BCUT2D eigenvalue weighted by Gasteiger charge is -2.18. The van der Waals surface area contributed by atoms with Crippen LogP contribution in [0.15, 0.2) is 41.3 Å². The lowest BCUT2D eigenvalue weighted by molar-refractivity contribution is -0.384. The second-order valence-electron chi connectivity index (χ2n) is 5.06. The second-order valence-corrected chi connectivity index (χ2v) is 5.47. The number of hydrogen-bond donors (Lipinski definition) is 0. The summed E-state index contributed by atoms with van der Waals surface area (Å²) in [6, 6.07) is 6.83. The Hall–Kier alpha value is -2.67. The SMILES string of the molecule is CN(Cc1cc([N+](=O)[O-])ccc1Cl)C(=O)c1ccn(C)c(=O)c1. The van der Waals surface area contributed by atoms with Crippen molar-refractivity contribution in [3.8, 4) is 0 Å². The highest BCUT2D eigenvalue weighted by Gasteiger charge is 2.16. The average Bonchev–Trinajstić information content (AvgIpc) is 2.51. The number of carbonyl (C=O) groups excluding carboxylic acids is 1. The molecule has 8 heteroatoms. The third kappa shape index (κ3) is 3.75. The van der Waals surface area contributed by atoms with Gasteiger partial charge in [-0.25, -0.2) is 0 Å². The predicted molar refractivity (Wildman–Crippen MR) is 85.6 cm³/mol. The molecule has 0 N–H and O–H groups in total. The van der Waals surface area contributed by atoms with Crippen LogP contribution >= 0.6 is 11.6 Å². The van der Waals surface area contributed by atoms with Crippen LogP contribution in [0, 0.1) is 10.1 Å². The van der Waals surface area contributed by atoms with Crippen molar-refractivity contribution in [2.45, 2.75) is 6.54 Å². The largest absolute Gasteiger partial charge is 0.337 e. The first-order chi connectivity index (χ1) is 10.8. The quantitative estimate of drug-likeness (QED) is 0.633. The Morgan fingerprint density at radius 2 is 2.04 bits per heavy atom. The van der Waals surface area contributed by atoms with E-state index >= 15 is 0 Å². The number of nitro benzene ring substituents is 1. The molecule has 1 heterocycles. The van der Waals surface area contributed by atoms with E-state index in [0.29, 0.717) is 10.6 Å². The predicted octanol–water partition coefficient (Wildman–Crippen LogP) is 2.22. The Morgan fingerprint density at radius 3 is 2.65 bits per heavy atom. The number of aromatic nitrogens is 1. The summed E-state index contributed by atoms with van der Waals surface area (Å²) in [6.07, 6.45) is 1.50. The number of carbonyl (C=O) groups is 1. The molecule has 0 aliphatic rings. The number of nitrogens with zero attached hydrogens (tertiary/aromatic N) is 3. The summed E-state index contributed by atoms with van der Waals surface area (Å²) in [4.78, 5) is 35.6. The van der Waals surface area contributed by atoms with E-state index in [-0.39, 0.29) is 29.3 Å². The maximum atomic E-state index is 12.3. The summed E-state index contributed by atoms with van der Waals surface area (Å²) in [6.45, 7) is 0.0918. The molecular formula is C15H14ClN3O4. The molecule has 7 nitrogen and oxygen atoms in total. The first kappa shape index (κ1) is 16.7. The van der Waals surface area contributed by atoms with Crippen LogP contribution in [0.5, 0.6) is 0 Å². The zero-order valence-electron chi connectivity index (χ0n) is 12.5. The molecule has 0 bridgehead atoms. The van der Waals surface area contributed by atoms with Crippen LogP contribution in [0.4, 0.5) is 5.69 Å². The van der Waals surface area contributed by atoms with Crippen LogP contribution in [-0.2, 0) is 13.6 Å². The van der Waals surface area contributed by atoms with Crippen molar-refractivity contribution in [3.63, 3.8) is 0 Å². The van der Waals surface area contributed by atoms with Crippen molar-refractivity contribution in [2.24, 2.45) is 7.05 Å².